The largest absolute Gasteiger partial charge is 0.377 e. The van der Waals surface area contributed by atoms with E-state index in [1.165, 1.54) is 0 Å². The van der Waals surface area contributed by atoms with E-state index in [4.69, 9.17) is 4.74 Å². The molecule has 2 aromatic carbocycles. The van der Waals surface area contributed by atoms with Crippen LogP contribution in [0.15, 0.2) is 64.6 Å². The van der Waals surface area contributed by atoms with Gasteiger partial charge in [0.15, 0.2) is 11.0 Å². The summed E-state index contributed by atoms with van der Waals surface area (Å²) >= 11 is 1.62. The number of hydrogen-bond acceptors (Lipinski definition) is 6. The second-order valence-electron chi connectivity index (χ2n) is 8.06. The fourth-order valence-electron chi connectivity index (χ4n) is 4.18. The van der Waals surface area contributed by atoms with Crippen LogP contribution < -0.4 is 0 Å². The average molecular weight is 471 g/mol. The van der Waals surface area contributed by atoms with Crippen molar-refractivity contribution in [2.75, 3.05) is 25.4 Å². The molecule has 2 aliphatic rings. The van der Waals surface area contributed by atoms with Gasteiger partial charge in [-0.1, -0.05) is 42.1 Å². The molecule has 0 bridgehead atoms. The highest BCUT2D eigenvalue weighted by Crippen LogP contribution is 2.31. The van der Waals surface area contributed by atoms with Crippen molar-refractivity contribution in [3.8, 4) is 17.1 Å². The molecule has 0 saturated carbocycles. The first-order chi connectivity index (χ1) is 15.6. The van der Waals surface area contributed by atoms with Gasteiger partial charge in [-0.2, -0.15) is 4.31 Å². The van der Waals surface area contributed by atoms with Crippen LogP contribution in [0.2, 0.25) is 0 Å². The second kappa shape index (κ2) is 9.35. The van der Waals surface area contributed by atoms with Crippen LogP contribution in [0.1, 0.15) is 25.7 Å². The van der Waals surface area contributed by atoms with Crippen molar-refractivity contribution >= 4 is 21.8 Å². The molecule has 7 nitrogen and oxygen atoms in total. The zero-order valence-electron chi connectivity index (χ0n) is 17.8. The van der Waals surface area contributed by atoms with E-state index in [1.54, 1.807) is 34.3 Å². The van der Waals surface area contributed by atoms with Gasteiger partial charge >= 0.3 is 0 Å². The molecule has 0 spiro atoms. The van der Waals surface area contributed by atoms with Gasteiger partial charge in [0.05, 0.1) is 11.0 Å². The standard InChI is InChI=1S/C23H26N4O3S2/c28-32(29,26-13-4-5-14-26)21-12-6-8-18(16-21)22-24-25-23(31-17-20-11-7-15-30-20)27(22)19-9-2-1-3-10-19/h1-3,6,8-10,12,16,20H,4-5,7,11,13-15,17H2. The van der Waals surface area contributed by atoms with Crippen molar-refractivity contribution in [3.63, 3.8) is 0 Å². The van der Waals surface area contributed by atoms with E-state index in [-0.39, 0.29) is 6.10 Å². The van der Waals surface area contributed by atoms with Crippen LogP contribution in [-0.4, -0.2) is 59.0 Å². The van der Waals surface area contributed by atoms with Crippen LogP contribution in [0.25, 0.3) is 17.1 Å². The van der Waals surface area contributed by atoms with Crippen molar-refractivity contribution in [3.05, 3.63) is 54.6 Å². The molecule has 0 aliphatic carbocycles. The molecule has 9 heteroatoms. The molecule has 168 valence electrons. The number of thioether (sulfide) groups is 1. The predicted octanol–water partition coefficient (Wildman–Crippen LogP) is 3.99. The lowest BCUT2D eigenvalue weighted by atomic mass is 10.2. The summed E-state index contributed by atoms with van der Waals surface area (Å²) in [4.78, 5) is 0.299. The van der Waals surface area contributed by atoms with Crippen LogP contribution in [0.5, 0.6) is 0 Å². The molecule has 1 atom stereocenters. The first kappa shape index (κ1) is 21.6. The van der Waals surface area contributed by atoms with E-state index in [2.05, 4.69) is 10.2 Å². The van der Waals surface area contributed by atoms with Crippen LogP contribution in [0.3, 0.4) is 0 Å². The van der Waals surface area contributed by atoms with Gasteiger partial charge in [-0.05, 0) is 49.9 Å². The van der Waals surface area contributed by atoms with Crippen LogP contribution in [-0.2, 0) is 14.8 Å². The molecule has 0 radical (unpaired) electrons. The van der Waals surface area contributed by atoms with Gasteiger partial charge in [-0.25, -0.2) is 8.42 Å². The Morgan fingerprint density at radius 2 is 1.81 bits per heavy atom. The quantitative estimate of drug-likeness (QED) is 0.486. The van der Waals surface area contributed by atoms with E-state index >= 15 is 0 Å². The minimum Gasteiger partial charge on any atom is -0.377 e. The fraction of sp³-hybridized carbons (Fsp3) is 0.391. The Morgan fingerprint density at radius 1 is 1.00 bits per heavy atom. The van der Waals surface area contributed by atoms with E-state index in [9.17, 15) is 8.42 Å². The summed E-state index contributed by atoms with van der Waals surface area (Å²) in [5.74, 6) is 1.44. The van der Waals surface area contributed by atoms with Crippen molar-refractivity contribution in [2.45, 2.75) is 41.8 Å². The van der Waals surface area contributed by atoms with Crippen molar-refractivity contribution < 1.29 is 13.2 Å². The van der Waals surface area contributed by atoms with E-state index in [0.717, 1.165) is 54.5 Å². The van der Waals surface area contributed by atoms with E-state index < -0.39 is 10.0 Å². The normalized spacial score (nSPS) is 19.6. The van der Waals surface area contributed by atoms with Crippen molar-refractivity contribution in [1.82, 2.24) is 19.1 Å². The zero-order chi connectivity index (χ0) is 22.0. The summed E-state index contributed by atoms with van der Waals surface area (Å²) < 4.78 is 35.5. The molecular formula is C23H26N4O3S2. The molecule has 1 aromatic heterocycles. The third-order valence-corrected chi connectivity index (χ3v) is 8.82. The highest BCUT2D eigenvalue weighted by Gasteiger charge is 2.28. The Labute approximate surface area is 192 Å². The number of sulfonamides is 1. The van der Waals surface area contributed by atoms with Crippen LogP contribution in [0.4, 0.5) is 0 Å². The molecule has 3 heterocycles. The third-order valence-electron chi connectivity index (χ3n) is 5.87. The van der Waals surface area contributed by atoms with Gasteiger partial charge in [0.1, 0.15) is 0 Å². The molecule has 2 aliphatic heterocycles. The van der Waals surface area contributed by atoms with Gasteiger partial charge < -0.3 is 4.74 Å². The molecule has 0 amide bonds. The molecule has 5 rings (SSSR count). The number of benzene rings is 2. The van der Waals surface area contributed by atoms with Gasteiger partial charge in [0, 0.05) is 36.7 Å². The number of ether oxygens (including phenoxy) is 1. The Morgan fingerprint density at radius 3 is 2.56 bits per heavy atom. The molecule has 3 aromatic rings. The van der Waals surface area contributed by atoms with Gasteiger partial charge in [0.25, 0.3) is 0 Å². The summed E-state index contributed by atoms with van der Waals surface area (Å²) in [6.07, 6.45) is 4.22. The summed E-state index contributed by atoms with van der Waals surface area (Å²) in [6, 6.07) is 17.0. The summed E-state index contributed by atoms with van der Waals surface area (Å²) in [6.45, 7) is 1.98. The molecule has 32 heavy (non-hydrogen) atoms. The van der Waals surface area contributed by atoms with Gasteiger partial charge in [-0.15, -0.1) is 10.2 Å². The lowest BCUT2D eigenvalue weighted by Crippen LogP contribution is -2.27. The van der Waals surface area contributed by atoms with Crippen LogP contribution in [0, 0.1) is 0 Å². The molecule has 0 N–H and O–H groups in total. The van der Waals surface area contributed by atoms with Crippen molar-refractivity contribution in [1.29, 1.82) is 0 Å². The van der Waals surface area contributed by atoms with Gasteiger partial charge in [0.2, 0.25) is 10.0 Å². The number of para-hydroxylation sites is 1. The first-order valence-electron chi connectivity index (χ1n) is 11.0. The monoisotopic (exact) mass is 470 g/mol. The lowest BCUT2D eigenvalue weighted by Gasteiger charge is -2.16. The maximum atomic E-state index is 13.1. The Hall–Kier alpha value is -2.20. The SMILES string of the molecule is O=S(=O)(c1cccc(-c2nnc(SCC3CCCO3)n2-c2ccccc2)c1)N1CCCC1. The fourth-order valence-corrected chi connectivity index (χ4v) is 6.76. The highest BCUT2D eigenvalue weighted by molar-refractivity contribution is 7.99. The summed E-state index contributed by atoms with van der Waals surface area (Å²) in [5.41, 5.74) is 1.67. The smallest absolute Gasteiger partial charge is 0.243 e. The highest BCUT2D eigenvalue weighted by atomic mass is 32.2. The number of rotatable bonds is 7. The molecular weight excluding hydrogens is 444 g/mol. The Balaban J connectivity index is 1.52. The lowest BCUT2D eigenvalue weighted by molar-refractivity contribution is 0.129. The first-order valence-corrected chi connectivity index (χ1v) is 13.4. The van der Waals surface area contributed by atoms with E-state index in [0.29, 0.717) is 23.8 Å². The molecule has 1 unspecified atom stereocenters. The number of hydrogen-bond donors (Lipinski definition) is 0. The van der Waals surface area contributed by atoms with E-state index in [1.807, 2.05) is 41.0 Å². The van der Waals surface area contributed by atoms with Crippen molar-refractivity contribution in [2.24, 2.45) is 0 Å². The predicted molar refractivity (Wildman–Crippen MR) is 124 cm³/mol. The average Bonchev–Trinajstić information content (AvgIpc) is 3.60. The molecule has 2 saturated heterocycles. The van der Waals surface area contributed by atoms with Crippen LogP contribution >= 0.6 is 11.8 Å². The minimum absolute atomic E-state index is 0.235. The van der Waals surface area contributed by atoms with Gasteiger partial charge in [-0.3, -0.25) is 4.57 Å². The zero-order valence-corrected chi connectivity index (χ0v) is 19.4. The second-order valence-corrected chi connectivity index (χ2v) is 11.0. The summed E-state index contributed by atoms with van der Waals surface area (Å²) in [5, 5.41) is 9.70. The summed E-state index contributed by atoms with van der Waals surface area (Å²) in [7, 11) is -3.51. The minimum atomic E-state index is -3.51. The Kier molecular flexibility index (Phi) is 6.32. The number of nitrogens with zero attached hydrogens (tertiary/aromatic N) is 4. The Bertz CT molecular complexity index is 1170. The number of aromatic nitrogens is 3. The maximum absolute atomic E-state index is 13.1. The molecule has 2 fully saturated rings. The topological polar surface area (TPSA) is 77.3 Å². The maximum Gasteiger partial charge on any atom is 0.243 e. The third kappa shape index (κ3) is 4.34.